The molecule has 0 saturated heterocycles. The van der Waals surface area contributed by atoms with Crippen LogP contribution in [0.4, 0.5) is 4.39 Å². The third-order valence-corrected chi connectivity index (χ3v) is 4.89. The lowest BCUT2D eigenvalue weighted by atomic mass is 9.83. The van der Waals surface area contributed by atoms with Gasteiger partial charge in [-0.1, -0.05) is 41.6 Å². The second kappa shape index (κ2) is 7.31. The predicted octanol–water partition coefficient (Wildman–Crippen LogP) is 4.35. The summed E-state index contributed by atoms with van der Waals surface area (Å²) in [6.45, 7) is 1.59. The van der Waals surface area contributed by atoms with Gasteiger partial charge in [-0.2, -0.15) is 4.98 Å². The number of fused-ring (bicyclic) bond motifs is 1. The Labute approximate surface area is 156 Å². The van der Waals surface area contributed by atoms with Gasteiger partial charge in [-0.05, 0) is 48.9 Å². The third-order valence-electron chi connectivity index (χ3n) is 4.89. The van der Waals surface area contributed by atoms with E-state index in [1.807, 2.05) is 18.2 Å². The summed E-state index contributed by atoms with van der Waals surface area (Å²) in [6.07, 6.45) is 2.72. The van der Waals surface area contributed by atoms with E-state index in [4.69, 9.17) is 9.26 Å². The highest BCUT2D eigenvalue weighted by atomic mass is 19.1. The second-order valence-corrected chi connectivity index (χ2v) is 6.73. The lowest BCUT2D eigenvalue weighted by molar-refractivity contribution is -0.148. The molecule has 0 fully saturated rings. The van der Waals surface area contributed by atoms with Gasteiger partial charge in [0.1, 0.15) is 5.82 Å². The fourth-order valence-corrected chi connectivity index (χ4v) is 3.39. The smallest absolute Gasteiger partial charge is 0.313 e. The largest absolute Gasteiger partial charge is 0.455 e. The van der Waals surface area contributed by atoms with Crippen LogP contribution in [0.1, 0.15) is 41.3 Å². The Kier molecular flexibility index (Phi) is 4.71. The van der Waals surface area contributed by atoms with Crippen molar-refractivity contribution in [3.63, 3.8) is 0 Å². The van der Waals surface area contributed by atoms with Gasteiger partial charge < -0.3 is 9.26 Å². The summed E-state index contributed by atoms with van der Waals surface area (Å²) >= 11 is 0. The van der Waals surface area contributed by atoms with Gasteiger partial charge in [-0.25, -0.2) is 4.39 Å². The first-order valence-electron chi connectivity index (χ1n) is 8.95. The van der Waals surface area contributed by atoms with Crippen molar-refractivity contribution < 1.29 is 18.4 Å². The molecule has 0 saturated carbocycles. The summed E-state index contributed by atoms with van der Waals surface area (Å²) in [5.41, 5.74) is 3.30. The van der Waals surface area contributed by atoms with Crippen LogP contribution < -0.4 is 0 Å². The number of aryl methyl sites for hydroxylation is 2. The maximum Gasteiger partial charge on any atom is 0.313 e. The minimum absolute atomic E-state index is 0.0984. The lowest BCUT2D eigenvalue weighted by Gasteiger charge is -2.23. The van der Waals surface area contributed by atoms with Crippen LogP contribution in [0.3, 0.4) is 0 Å². The van der Waals surface area contributed by atoms with Crippen molar-refractivity contribution in [2.45, 2.75) is 38.7 Å². The fraction of sp³-hybridized carbons (Fsp3) is 0.286. The van der Waals surface area contributed by atoms with Crippen LogP contribution in [-0.2, 0) is 22.6 Å². The van der Waals surface area contributed by atoms with Crippen LogP contribution in [0.15, 0.2) is 47.0 Å². The van der Waals surface area contributed by atoms with E-state index in [2.05, 4.69) is 16.2 Å². The van der Waals surface area contributed by atoms with Crippen molar-refractivity contribution in [1.82, 2.24) is 10.1 Å². The molecule has 0 aliphatic heterocycles. The lowest BCUT2D eigenvalue weighted by Crippen LogP contribution is -2.20. The molecule has 3 aromatic rings. The molecule has 6 heteroatoms. The van der Waals surface area contributed by atoms with Crippen LogP contribution >= 0.6 is 0 Å². The van der Waals surface area contributed by atoms with Crippen molar-refractivity contribution in [3.05, 3.63) is 70.9 Å². The maximum absolute atomic E-state index is 13.7. The average molecular weight is 366 g/mol. The topological polar surface area (TPSA) is 65.2 Å². The number of ether oxygens (including phenoxy) is 1. The fourth-order valence-electron chi connectivity index (χ4n) is 3.39. The van der Waals surface area contributed by atoms with E-state index in [9.17, 15) is 9.18 Å². The highest BCUT2D eigenvalue weighted by Crippen LogP contribution is 2.32. The number of rotatable bonds is 4. The standard InChI is InChI=1S/C21H19FN2O3/c1-13-9-10-15(11-18(13)22)20-23-19(27-24-20)12-26-21(25)17-8-4-6-14-5-2-3-7-16(14)17/h2-3,5,7,9-11,17H,4,6,8,12H2,1H3. The first-order valence-corrected chi connectivity index (χ1v) is 8.95. The van der Waals surface area contributed by atoms with E-state index in [0.29, 0.717) is 11.1 Å². The van der Waals surface area contributed by atoms with Gasteiger partial charge in [-0.3, -0.25) is 4.79 Å². The Morgan fingerprint density at radius 1 is 1.30 bits per heavy atom. The summed E-state index contributed by atoms with van der Waals surface area (Å²) in [5, 5.41) is 3.84. The monoisotopic (exact) mass is 366 g/mol. The summed E-state index contributed by atoms with van der Waals surface area (Å²) in [5.74, 6) is -0.431. The Morgan fingerprint density at radius 3 is 3.00 bits per heavy atom. The molecule has 4 rings (SSSR count). The number of carbonyl (C=O) groups is 1. The van der Waals surface area contributed by atoms with E-state index < -0.39 is 0 Å². The molecule has 1 aromatic heterocycles. The van der Waals surface area contributed by atoms with Crippen molar-refractivity contribution in [1.29, 1.82) is 0 Å². The molecule has 5 nitrogen and oxygen atoms in total. The molecule has 0 amide bonds. The molecular weight excluding hydrogens is 347 g/mol. The highest BCUT2D eigenvalue weighted by Gasteiger charge is 2.27. The molecule has 0 bridgehead atoms. The molecule has 2 aromatic carbocycles. The summed E-state index contributed by atoms with van der Waals surface area (Å²) in [4.78, 5) is 16.7. The first-order chi connectivity index (χ1) is 13.1. The second-order valence-electron chi connectivity index (χ2n) is 6.73. The zero-order valence-corrected chi connectivity index (χ0v) is 14.9. The number of nitrogens with zero attached hydrogens (tertiary/aromatic N) is 2. The molecule has 0 N–H and O–H groups in total. The number of aromatic nitrogens is 2. The van der Waals surface area contributed by atoms with Crippen LogP contribution in [0, 0.1) is 12.7 Å². The van der Waals surface area contributed by atoms with Gasteiger partial charge in [0.05, 0.1) is 5.92 Å². The predicted molar refractivity (Wildman–Crippen MR) is 96.3 cm³/mol. The first kappa shape index (κ1) is 17.4. The van der Waals surface area contributed by atoms with E-state index in [-0.39, 0.29) is 36.0 Å². The average Bonchev–Trinajstić information content (AvgIpc) is 3.17. The summed E-state index contributed by atoms with van der Waals surface area (Å²) in [7, 11) is 0. The van der Waals surface area contributed by atoms with Crippen molar-refractivity contribution in [2.75, 3.05) is 0 Å². The van der Waals surface area contributed by atoms with Crippen molar-refractivity contribution >= 4 is 5.97 Å². The van der Waals surface area contributed by atoms with Gasteiger partial charge in [0.15, 0.2) is 6.61 Å². The number of halogens is 1. The van der Waals surface area contributed by atoms with Crippen LogP contribution in [0.25, 0.3) is 11.4 Å². The van der Waals surface area contributed by atoms with Gasteiger partial charge in [0, 0.05) is 5.56 Å². The molecule has 1 aliphatic rings. The van der Waals surface area contributed by atoms with Crippen LogP contribution in [-0.4, -0.2) is 16.1 Å². The quantitative estimate of drug-likeness (QED) is 0.643. The molecular formula is C21H19FN2O3. The highest BCUT2D eigenvalue weighted by molar-refractivity contribution is 5.79. The molecule has 1 heterocycles. The van der Waals surface area contributed by atoms with Crippen molar-refractivity contribution in [3.8, 4) is 11.4 Å². The van der Waals surface area contributed by atoms with Gasteiger partial charge in [-0.15, -0.1) is 0 Å². The number of benzene rings is 2. The molecule has 0 radical (unpaired) electrons. The minimum atomic E-state index is -0.332. The molecule has 1 unspecified atom stereocenters. The normalized spacial score (nSPS) is 16.0. The maximum atomic E-state index is 13.7. The zero-order valence-electron chi connectivity index (χ0n) is 14.9. The number of hydrogen-bond donors (Lipinski definition) is 0. The van der Waals surface area contributed by atoms with E-state index in [1.54, 1.807) is 19.1 Å². The van der Waals surface area contributed by atoms with Crippen LogP contribution in [0.5, 0.6) is 0 Å². The molecule has 1 aliphatic carbocycles. The Morgan fingerprint density at radius 2 is 2.15 bits per heavy atom. The number of hydrogen-bond acceptors (Lipinski definition) is 5. The summed E-state index contributed by atoms with van der Waals surface area (Å²) < 4.78 is 24.2. The Balaban J connectivity index is 1.43. The molecule has 27 heavy (non-hydrogen) atoms. The van der Waals surface area contributed by atoms with E-state index >= 15 is 0 Å². The van der Waals surface area contributed by atoms with Gasteiger partial charge in [0.25, 0.3) is 5.89 Å². The minimum Gasteiger partial charge on any atom is -0.455 e. The van der Waals surface area contributed by atoms with Crippen molar-refractivity contribution in [2.24, 2.45) is 0 Å². The van der Waals surface area contributed by atoms with Gasteiger partial charge in [0.2, 0.25) is 5.82 Å². The number of esters is 1. The van der Waals surface area contributed by atoms with E-state index in [1.165, 1.54) is 11.6 Å². The Hall–Kier alpha value is -3.02. The molecule has 1 atom stereocenters. The number of carbonyl (C=O) groups excluding carboxylic acids is 1. The SMILES string of the molecule is Cc1ccc(-c2noc(COC(=O)C3CCCc4ccccc43)n2)cc1F. The van der Waals surface area contributed by atoms with E-state index in [0.717, 1.165) is 24.8 Å². The zero-order chi connectivity index (χ0) is 18.8. The van der Waals surface area contributed by atoms with Crippen LogP contribution in [0.2, 0.25) is 0 Å². The summed E-state index contributed by atoms with van der Waals surface area (Å²) in [6, 6.07) is 12.7. The third kappa shape index (κ3) is 3.60. The van der Waals surface area contributed by atoms with Gasteiger partial charge >= 0.3 is 5.97 Å². The molecule has 0 spiro atoms. The molecule has 138 valence electrons. The Bertz CT molecular complexity index is 983.